The van der Waals surface area contributed by atoms with Crippen molar-refractivity contribution in [1.82, 2.24) is 13.7 Å². The first-order valence-corrected chi connectivity index (χ1v) is 14.4. The standard InChI is InChI=1S/C25H24BrFN6O5S.ClH/c1-31-21(34)13-20(29-19-8-5-14(26)11-18(19)27)22-23(31)32(25(36)33(24(22)35)16-6-7-16)17-4-2-3-15(12-17)30-39(37,38)10-9-28;/h2-5,8,11-13,16,29-30H,6-7,9-10,28H2,1H3;1H. The molecule has 0 bridgehead atoms. The van der Waals surface area contributed by atoms with Crippen molar-refractivity contribution in [2.24, 2.45) is 12.8 Å². The highest BCUT2D eigenvalue weighted by atomic mass is 79.9. The maximum absolute atomic E-state index is 14.7. The van der Waals surface area contributed by atoms with Crippen LogP contribution in [0.4, 0.5) is 21.5 Å². The second kappa shape index (κ2) is 11.2. The minimum absolute atomic E-state index is 0. The van der Waals surface area contributed by atoms with Gasteiger partial charge in [0.1, 0.15) is 16.9 Å². The Kier molecular flexibility index (Phi) is 8.26. The van der Waals surface area contributed by atoms with Crippen LogP contribution in [0, 0.1) is 5.82 Å². The molecule has 0 saturated heterocycles. The Hall–Kier alpha value is -3.46. The van der Waals surface area contributed by atoms with Gasteiger partial charge in [0.25, 0.3) is 11.1 Å². The van der Waals surface area contributed by atoms with Crippen molar-refractivity contribution in [3.05, 3.63) is 90.0 Å². The number of aryl methyl sites for hydroxylation is 1. The Morgan fingerprint density at radius 1 is 1.07 bits per heavy atom. The van der Waals surface area contributed by atoms with E-state index in [2.05, 4.69) is 26.0 Å². The number of benzene rings is 2. The average Bonchev–Trinajstić information content (AvgIpc) is 3.69. The monoisotopic (exact) mass is 654 g/mol. The molecule has 2 aromatic carbocycles. The molecule has 0 unspecified atom stereocenters. The molecule has 1 aliphatic carbocycles. The average molecular weight is 656 g/mol. The van der Waals surface area contributed by atoms with E-state index in [9.17, 15) is 27.2 Å². The molecular weight excluding hydrogens is 631 g/mol. The maximum Gasteiger partial charge on any atom is 0.337 e. The lowest BCUT2D eigenvalue weighted by molar-refractivity contribution is 0.601. The van der Waals surface area contributed by atoms with Crippen molar-refractivity contribution >= 4 is 66.5 Å². The summed E-state index contributed by atoms with van der Waals surface area (Å²) in [5, 5.41) is 2.85. The number of halogens is 3. The summed E-state index contributed by atoms with van der Waals surface area (Å²) in [5.41, 5.74) is 3.94. The van der Waals surface area contributed by atoms with Crippen molar-refractivity contribution in [3.63, 3.8) is 0 Å². The van der Waals surface area contributed by atoms with Crippen LogP contribution in [0.1, 0.15) is 18.9 Å². The van der Waals surface area contributed by atoms with E-state index >= 15 is 0 Å². The normalized spacial score (nSPS) is 13.2. The molecule has 1 fully saturated rings. The topological polar surface area (TPSA) is 150 Å². The zero-order valence-corrected chi connectivity index (χ0v) is 24.3. The highest BCUT2D eigenvalue weighted by Gasteiger charge is 2.31. The third-order valence-electron chi connectivity index (χ3n) is 6.33. The molecule has 0 radical (unpaired) electrons. The van der Waals surface area contributed by atoms with Crippen LogP contribution in [0.5, 0.6) is 0 Å². The van der Waals surface area contributed by atoms with Crippen LogP contribution in [-0.4, -0.2) is 34.4 Å². The smallest absolute Gasteiger partial charge is 0.337 e. The van der Waals surface area contributed by atoms with Gasteiger partial charge in [0.05, 0.1) is 28.5 Å². The van der Waals surface area contributed by atoms with Gasteiger partial charge in [-0.2, -0.15) is 0 Å². The summed E-state index contributed by atoms with van der Waals surface area (Å²) in [5.74, 6) is -0.922. The second-order valence-corrected chi connectivity index (χ2v) is 11.9. The number of anilines is 3. The number of sulfonamides is 1. The maximum atomic E-state index is 14.7. The zero-order chi connectivity index (χ0) is 28.1. The third-order valence-corrected chi connectivity index (χ3v) is 8.14. The molecule has 4 N–H and O–H groups in total. The van der Waals surface area contributed by atoms with E-state index < -0.39 is 32.6 Å². The molecule has 2 aromatic heterocycles. The van der Waals surface area contributed by atoms with Crippen molar-refractivity contribution in [2.45, 2.75) is 18.9 Å². The number of hydrogen-bond donors (Lipinski definition) is 3. The molecule has 40 heavy (non-hydrogen) atoms. The highest BCUT2D eigenvalue weighted by molar-refractivity contribution is 9.10. The molecule has 212 valence electrons. The van der Waals surface area contributed by atoms with Gasteiger partial charge in [-0.15, -0.1) is 12.4 Å². The molecule has 15 heteroatoms. The quantitative estimate of drug-likeness (QED) is 0.264. The number of nitrogens with one attached hydrogen (secondary N) is 2. The fraction of sp³-hybridized carbons (Fsp3) is 0.240. The Morgan fingerprint density at radius 3 is 2.45 bits per heavy atom. The lowest BCUT2D eigenvalue weighted by atomic mass is 10.2. The molecule has 11 nitrogen and oxygen atoms in total. The van der Waals surface area contributed by atoms with Gasteiger partial charge in [0, 0.05) is 30.2 Å². The fourth-order valence-electron chi connectivity index (χ4n) is 4.38. The number of rotatable bonds is 8. The molecule has 0 spiro atoms. The van der Waals surface area contributed by atoms with Gasteiger partial charge in [-0.25, -0.2) is 22.2 Å². The van der Waals surface area contributed by atoms with E-state index in [0.29, 0.717) is 17.3 Å². The number of pyridine rings is 1. The highest BCUT2D eigenvalue weighted by Crippen LogP contribution is 2.34. The molecule has 0 amide bonds. The first-order valence-electron chi connectivity index (χ1n) is 11.9. The predicted molar refractivity (Wildman–Crippen MR) is 158 cm³/mol. The summed E-state index contributed by atoms with van der Waals surface area (Å²) < 4.78 is 45.7. The van der Waals surface area contributed by atoms with Crippen LogP contribution in [0.15, 0.2) is 67.4 Å². The summed E-state index contributed by atoms with van der Waals surface area (Å²) in [6, 6.07) is 11.2. The molecular formula is C25H25BrClFN6O5S. The molecule has 5 rings (SSSR count). The van der Waals surface area contributed by atoms with Crippen molar-refractivity contribution < 1.29 is 12.8 Å². The van der Waals surface area contributed by atoms with Gasteiger partial charge in [0.2, 0.25) is 10.0 Å². The van der Waals surface area contributed by atoms with Crippen molar-refractivity contribution in [2.75, 3.05) is 22.3 Å². The van der Waals surface area contributed by atoms with E-state index in [1.165, 1.54) is 48.0 Å². The molecule has 1 saturated carbocycles. The second-order valence-electron chi connectivity index (χ2n) is 9.19. The van der Waals surface area contributed by atoms with E-state index in [1.807, 2.05) is 0 Å². The van der Waals surface area contributed by atoms with E-state index in [4.69, 9.17) is 5.73 Å². The van der Waals surface area contributed by atoms with Gasteiger partial charge >= 0.3 is 5.69 Å². The van der Waals surface area contributed by atoms with Gasteiger partial charge < -0.3 is 11.1 Å². The fourth-order valence-corrected chi connectivity index (χ4v) is 5.61. The van der Waals surface area contributed by atoms with Crippen LogP contribution in [0.2, 0.25) is 0 Å². The van der Waals surface area contributed by atoms with E-state index in [-0.39, 0.29) is 64.5 Å². The molecule has 4 aromatic rings. The van der Waals surface area contributed by atoms with Crippen molar-refractivity contribution in [3.8, 4) is 5.69 Å². The van der Waals surface area contributed by atoms with Crippen LogP contribution >= 0.6 is 28.3 Å². The predicted octanol–water partition coefficient (Wildman–Crippen LogP) is 2.95. The van der Waals surface area contributed by atoms with Gasteiger partial charge in [-0.3, -0.25) is 23.4 Å². The zero-order valence-electron chi connectivity index (χ0n) is 21.1. The molecule has 0 atom stereocenters. The largest absolute Gasteiger partial charge is 0.352 e. The number of fused-ring (bicyclic) bond motifs is 1. The van der Waals surface area contributed by atoms with Crippen LogP contribution in [0.25, 0.3) is 16.7 Å². The van der Waals surface area contributed by atoms with Crippen LogP contribution < -0.4 is 32.6 Å². The molecule has 1 aliphatic rings. The summed E-state index contributed by atoms with van der Waals surface area (Å²) >= 11 is 3.20. The number of nitrogens with two attached hydrogens (primary N) is 1. The van der Waals surface area contributed by atoms with Crippen LogP contribution in [0.3, 0.4) is 0 Å². The minimum atomic E-state index is -3.74. The summed E-state index contributed by atoms with van der Waals surface area (Å²) in [4.78, 5) is 40.6. The summed E-state index contributed by atoms with van der Waals surface area (Å²) in [6.07, 6.45) is 1.24. The third kappa shape index (κ3) is 5.57. The van der Waals surface area contributed by atoms with E-state index in [1.54, 1.807) is 12.1 Å². The SMILES string of the molecule is Cl.Cn1c(=O)cc(Nc2ccc(Br)cc2F)c2c(=O)n(C3CC3)c(=O)n(-c3cccc(NS(=O)(=O)CCN)c3)c21. The van der Waals surface area contributed by atoms with Crippen LogP contribution in [-0.2, 0) is 17.1 Å². The first kappa shape index (κ1) is 29.5. The van der Waals surface area contributed by atoms with Gasteiger partial charge in [-0.05, 0) is 49.2 Å². The van der Waals surface area contributed by atoms with Gasteiger partial charge in [0.15, 0.2) is 0 Å². The number of hydrogen-bond acceptors (Lipinski definition) is 7. The van der Waals surface area contributed by atoms with Gasteiger partial charge in [-0.1, -0.05) is 22.0 Å². The Labute approximate surface area is 242 Å². The molecule has 0 aliphatic heterocycles. The number of aromatic nitrogens is 3. The summed E-state index contributed by atoms with van der Waals surface area (Å²) in [6.45, 7) is -0.0810. The first-order chi connectivity index (χ1) is 18.5. The Morgan fingerprint density at radius 2 is 1.80 bits per heavy atom. The summed E-state index contributed by atoms with van der Waals surface area (Å²) in [7, 11) is -2.32. The number of nitrogens with zero attached hydrogens (tertiary/aromatic N) is 3. The minimum Gasteiger partial charge on any atom is -0.352 e. The van der Waals surface area contributed by atoms with E-state index in [0.717, 1.165) is 9.13 Å². The Balaban J connectivity index is 0.00000370. The lowest BCUT2D eigenvalue weighted by Gasteiger charge is -2.19. The lowest BCUT2D eigenvalue weighted by Crippen LogP contribution is -2.41. The van der Waals surface area contributed by atoms with Crippen molar-refractivity contribution in [1.29, 1.82) is 0 Å². The Bertz CT molecular complexity index is 1920. The molecule has 2 heterocycles.